The molecule has 5 aromatic rings. The highest BCUT2D eigenvalue weighted by Crippen LogP contribution is 2.29. The number of hydrogen-bond acceptors (Lipinski definition) is 5. The van der Waals surface area contributed by atoms with Crippen LogP contribution in [0.4, 0.5) is 5.69 Å². The first-order chi connectivity index (χ1) is 16.0. The number of rotatable bonds is 5. The average Bonchev–Trinajstić information content (AvgIpc) is 3.47. The lowest BCUT2D eigenvalue weighted by Crippen LogP contribution is -2.13. The lowest BCUT2D eigenvalue weighted by Gasteiger charge is -2.11. The Balaban J connectivity index is 1.54. The molecule has 0 saturated carbocycles. The van der Waals surface area contributed by atoms with Crippen LogP contribution >= 0.6 is 0 Å². The summed E-state index contributed by atoms with van der Waals surface area (Å²) < 4.78 is 8.81. The van der Waals surface area contributed by atoms with Gasteiger partial charge < -0.3 is 10.1 Å². The van der Waals surface area contributed by atoms with Gasteiger partial charge in [-0.1, -0.05) is 12.1 Å². The molecule has 3 aromatic heterocycles. The van der Waals surface area contributed by atoms with Crippen molar-refractivity contribution in [2.45, 2.75) is 6.92 Å². The lowest BCUT2D eigenvalue weighted by molar-refractivity contribution is 0.102. The van der Waals surface area contributed by atoms with Crippen molar-refractivity contribution in [1.29, 1.82) is 0 Å². The fourth-order valence-electron chi connectivity index (χ4n) is 3.87. The second-order valence-corrected chi connectivity index (χ2v) is 7.65. The Morgan fingerprint density at radius 1 is 1.06 bits per heavy atom. The van der Waals surface area contributed by atoms with Gasteiger partial charge in [0.15, 0.2) is 5.65 Å². The number of hydrogen-bond donors (Lipinski definition) is 1. The van der Waals surface area contributed by atoms with Crippen molar-refractivity contribution < 1.29 is 9.53 Å². The molecule has 33 heavy (non-hydrogen) atoms. The molecule has 1 amide bonds. The van der Waals surface area contributed by atoms with Crippen LogP contribution in [0.15, 0.2) is 73.1 Å². The third kappa shape index (κ3) is 3.82. The summed E-state index contributed by atoms with van der Waals surface area (Å²) in [6.07, 6.45) is 3.59. The first-order valence-corrected chi connectivity index (χ1v) is 10.4. The summed E-state index contributed by atoms with van der Waals surface area (Å²) in [4.78, 5) is 18.2. The summed E-state index contributed by atoms with van der Waals surface area (Å²) in [6.45, 7) is 1.88. The first-order valence-electron chi connectivity index (χ1n) is 10.4. The van der Waals surface area contributed by atoms with Crippen molar-refractivity contribution in [1.82, 2.24) is 24.5 Å². The molecule has 5 rings (SSSR count). The van der Waals surface area contributed by atoms with Crippen molar-refractivity contribution in [3.05, 3.63) is 84.3 Å². The Hall–Kier alpha value is -4.46. The summed E-state index contributed by atoms with van der Waals surface area (Å²) in [5.74, 6) is 0.494. The van der Waals surface area contributed by atoms with Gasteiger partial charge in [0, 0.05) is 30.7 Å². The van der Waals surface area contributed by atoms with Crippen LogP contribution in [-0.4, -0.2) is 37.6 Å². The number of fused-ring (bicyclic) bond motifs is 1. The van der Waals surface area contributed by atoms with Gasteiger partial charge in [0.1, 0.15) is 5.75 Å². The number of carbonyl (C=O) groups excluding carboxylic acids is 1. The molecule has 8 nitrogen and oxygen atoms in total. The minimum absolute atomic E-state index is 0.227. The van der Waals surface area contributed by atoms with Crippen LogP contribution in [0.1, 0.15) is 16.1 Å². The van der Waals surface area contributed by atoms with E-state index in [1.165, 1.54) is 0 Å². The number of amides is 1. The number of anilines is 1. The fourth-order valence-corrected chi connectivity index (χ4v) is 3.87. The van der Waals surface area contributed by atoms with E-state index in [0.717, 1.165) is 28.1 Å². The van der Waals surface area contributed by atoms with E-state index in [2.05, 4.69) is 15.5 Å². The Morgan fingerprint density at radius 3 is 2.61 bits per heavy atom. The first kappa shape index (κ1) is 20.4. The van der Waals surface area contributed by atoms with Gasteiger partial charge in [-0.05, 0) is 55.5 Å². The quantitative estimate of drug-likeness (QED) is 0.440. The molecule has 8 heteroatoms. The standard InChI is InChI=1S/C25H22N6O2/c1-16-23-21(25(32)27-18-8-10-19(11-9-18)31-13-5-12-26-31)15-22(28-24(23)30(2)29-16)17-6-4-7-20(14-17)33-3/h4-15H,1-3H3,(H,27,32). The summed E-state index contributed by atoms with van der Waals surface area (Å²) in [7, 11) is 3.45. The SMILES string of the molecule is COc1cccc(-c2cc(C(=O)Nc3ccc(-n4cccn4)cc3)c3c(C)nn(C)c3n2)c1. The van der Waals surface area contributed by atoms with Gasteiger partial charge in [-0.2, -0.15) is 10.2 Å². The summed E-state index contributed by atoms with van der Waals surface area (Å²) in [5, 5.41) is 12.4. The van der Waals surface area contributed by atoms with Crippen LogP contribution in [-0.2, 0) is 7.05 Å². The number of carbonyl (C=O) groups is 1. The average molecular weight is 438 g/mol. The third-order valence-corrected chi connectivity index (χ3v) is 5.47. The van der Waals surface area contributed by atoms with E-state index in [0.29, 0.717) is 22.6 Å². The van der Waals surface area contributed by atoms with Gasteiger partial charge in [-0.25, -0.2) is 9.67 Å². The Labute approximate surface area is 190 Å². The normalized spacial score (nSPS) is 11.0. The zero-order valence-electron chi connectivity index (χ0n) is 18.5. The maximum Gasteiger partial charge on any atom is 0.256 e. The van der Waals surface area contributed by atoms with E-state index >= 15 is 0 Å². The molecule has 1 N–H and O–H groups in total. The predicted molar refractivity (Wildman–Crippen MR) is 127 cm³/mol. The second kappa shape index (κ2) is 8.23. The van der Waals surface area contributed by atoms with Crippen LogP contribution in [0.3, 0.4) is 0 Å². The van der Waals surface area contributed by atoms with E-state index in [4.69, 9.17) is 9.72 Å². The van der Waals surface area contributed by atoms with E-state index in [1.807, 2.05) is 74.8 Å². The van der Waals surface area contributed by atoms with Crippen molar-refractivity contribution in [3.8, 4) is 22.7 Å². The molecular formula is C25H22N6O2. The molecule has 0 unspecified atom stereocenters. The number of methoxy groups -OCH3 is 1. The molecule has 0 saturated heterocycles. The molecule has 0 atom stereocenters. The maximum absolute atomic E-state index is 13.4. The highest BCUT2D eigenvalue weighted by molar-refractivity contribution is 6.13. The number of aryl methyl sites for hydroxylation is 2. The largest absolute Gasteiger partial charge is 0.497 e. The van der Waals surface area contributed by atoms with E-state index in [1.54, 1.807) is 28.7 Å². The van der Waals surface area contributed by atoms with Crippen molar-refractivity contribution in [3.63, 3.8) is 0 Å². The molecule has 0 aliphatic carbocycles. The smallest absolute Gasteiger partial charge is 0.256 e. The minimum Gasteiger partial charge on any atom is -0.497 e. The molecule has 0 radical (unpaired) electrons. The van der Waals surface area contributed by atoms with Gasteiger partial charge in [0.05, 0.1) is 35.1 Å². The van der Waals surface area contributed by atoms with Crippen LogP contribution < -0.4 is 10.1 Å². The Kier molecular flexibility index (Phi) is 5.10. The summed E-state index contributed by atoms with van der Waals surface area (Å²) in [5.41, 5.74) is 5.03. The lowest BCUT2D eigenvalue weighted by atomic mass is 10.0. The number of pyridine rings is 1. The number of benzene rings is 2. The fraction of sp³-hybridized carbons (Fsp3) is 0.120. The third-order valence-electron chi connectivity index (χ3n) is 5.47. The van der Waals surface area contributed by atoms with Crippen LogP contribution in [0, 0.1) is 6.92 Å². The maximum atomic E-state index is 13.4. The van der Waals surface area contributed by atoms with E-state index in [9.17, 15) is 4.79 Å². The zero-order valence-corrected chi connectivity index (χ0v) is 18.5. The highest BCUT2D eigenvalue weighted by Gasteiger charge is 2.19. The summed E-state index contributed by atoms with van der Waals surface area (Å²) >= 11 is 0. The van der Waals surface area contributed by atoms with Crippen LogP contribution in [0.2, 0.25) is 0 Å². The van der Waals surface area contributed by atoms with Gasteiger partial charge >= 0.3 is 0 Å². The summed E-state index contributed by atoms with van der Waals surface area (Å²) in [6, 6.07) is 18.8. The Bertz CT molecular complexity index is 1450. The molecule has 0 spiro atoms. The van der Waals surface area contributed by atoms with Crippen molar-refractivity contribution in [2.24, 2.45) is 7.05 Å². The van der Waals surface area contributed by atoms with Crippen LogP contribution in [0.5, 0.6) is 5.75 Å². The van der Waals surface area contributed by atoms with E-state index < -0.39 is 0 Å². The zero-order chi connectivity index (χ0) is 22.9. The Morgan fingerprint density at radius 2 is 1.88 bits per heavy atom. The molecular weight excluding hydrogens is 416 g/mol. The van der Waals surface area contributed by atoms with Gasteiger partial charge in [0.2, 0.25) is 0 Å². The number of ether oxygens (including phenoxy) is 1. The van der Waals surface area contributed by atoms with E-state index in [-0.39, 0.29) is 5.91 Å². The molecule has 0 aliphatic rings. The predicted octanol–water partition coefficient (Wildman–Crippen LogP) is 4.39. The number of nitrogens with zero attached hydrogens (tertiary/aromatic N) is 5. The van der Waals surface area contributed by atoms with Gasteiger partial charge in [0.25, 0.3) is 5.91 Å². The molecule has 164 valence electrons. The van der Waals surface area contributed by atoms with Gasteiger partial charge in [-0.3, -0.25) is 9.48 Å². The van der Waals surface area contributed by atoms with Crippen LogP contribution in [0.25, 0.3) is 28.0 Å². The molecule has 0 fully saturated rings. The topological polar surface area (TPSA) is 86.9 Å². The van der Waals surface area contributed by atoms with Crippen molar-refractivity contribution in [2.75, 3.05) is 12.4 Å². The molecule has 0 bridgehead atoms. The molecule has 2 aromatic carbocycles. The number of nitrogens with one attached hydrogen (secondary N) is 1. The monoisotopic (exact) mass is 438 g/mol. The number of aromatic nitrogens is 5. The van der Waals surface area contributed by atoms with Gasteiger partial charge in [-0.15, -0.1) is 0 Å². The van der Waals surface area contributed by atoms with Crippen molar-refractivity contribution >= 4 is 22.6 Å². The minimum atomic E-state index is -0.227. The second-order valence-electron chi connectivity index (χ2n) is 7.65. The highest BCUT2D eigenvalue weighted by atomic mass is 16.5. The molecule has 3 heterocycles. The molecule has 0 aliphatic heterocycles.